The van der Waals surface area contributed by atoms with Crippen molar-refractivity contribution in [1.29, 1.82) is 0 Å². The lowest BCUT2D eigenvalue weighted by molar-refractivity contribution is -0.130. The molecule has 1 N–H and O–H groups in total. The summed E-state index contributed by atoms with van der Waals surface area (Å²) in [5.41, 5.74) is 0.488. The number of hydrogen-bond donors (Lipinski definition) is 1. The number of nitrogens with one attached hydrogen (secondary N) is 1. The maximum atomic E-state index is 12.3. The van der Waals surface area contributed by atoms with Crippen molar-refractivity contribution in [2.75, 3.05) is 6.61 Å². The van der Waals surface area contributed by atoms with Crippen LogP contribution in [0.15, 0.2) is 22.8 Å². The van der Waals surface area contributed by atoms with Crippen LogP contribution in [0.3, 0.4) is 0 Å². The number of rotatable bonds is 3. The van der Waals surface area contributed by atoms with E-state index in [1.165, 1.54) is 6.21 Å². The molecule has 0 spiro atoms. The van der Waals surface area contributed by atoms with Crippen LogP contribution in [-0.4, -0.2) is 35.3 Å². The number of nitrogens with zero attached hydrogens (tertiary/aromatic N) is 2. The standard InChI is InChI=1S/C16H15Cl2N3O3/c1-3-16(2)14(22)21(15(23)20-16)19-7-9-4-10-5-11(17)6-12(18)13(10)24-8-9/h4-7H,3,8H2,1-2H3,(H,20,23). The zero-order valence-electron chi connectivity index (χ0n) is 13.1. The molecule has 3 amide bonds. The van der Waals surface area contributed by atoms with Crippen LogP contribution in [-0.2, 0) is 4.79 Å². The minimum absolute atomic E-state index is 0.229. The zero-order chi connectivity index (χ0) is 17.5. The molecule has 0 saturated carbocycles. The van der Waals surface area contributed by atoms with E-state index >= 15 is 0 Å². The van der Waals surface area contributed by atoms with Gasteiger partial charge in [0.1, 0.15) is 17.9 Å². The first-order valence-corrected chi connectivity index (χ1v) is 8.13. The maximum absolute atomic E-state index is 12.3. The predicted octanol–water partition coefficient (Wildman–Crippen LogP) is 3.48. The molecule has 0 aliphatic carbocycles. The van der Waals surface area contributed by atoms with Crippen molar-refractivity contribution >= 4 is 47.4 Å². The molecule has 1 unspecified atom stereocenters. The van der Waals surface area contributed by atoms with Crippen molar-refractivity contribution < 1.29 is 14.3 Å². The number of hydrazone groups is 1. The van der Waals surface area contributed by atoms with Crippen LogP contribution < -0.4 is 10.1 Å². The summed E-state index contributed by atoms with van der Waals surface area (Å²) in [5, 5.41) is 8.40. The van der Waals surface area contributed by atoms with Crippen molar-refractivity contribution in [1.82, 2.24) is 10.3 Å². The lowest BCUT2D eigenvalue weighted by Gasteiger charge is -2.18. The van der Waals surface area contributed by atoms with Gasteiger partial charge in [0.2, 0.25) is 0 Å². The van der Waals surface area contributed by atoms with Gasteiger partial charge < -0.3 is 10.1 Å². The summed E-state index contributed by atoms with van der Waals surface area (Å²) < 4.78 is 5.60. The van der Waals surface area contributed by atoms with E-state index in [1.807, 2.05) is 6.92 Å². The second-order valence-corrected chi connectivity index (χ2v) is 6.63. The molecule has 1 fully saturated rings. The number of halogens is 2. The van der Waals surface area contributed by atoms with E-state index in [4.69, 9.17) is 27.9 Å². The molecule has 1 saturated heterocycles. The number of amides is 3. The van der Waals surface area contributed by atoms with E-state index in [0.29, 0.717) is 27.8 Å². The Kier molecular flexibility index (Phi) is 4.27. The van der Waals surface area contributed by atoms with E-state index in [-0.39, 0.29) is 12.5 Å². The van der Waals surface area contributed by atoms with Crippen LogP contribution >= 0.6 is 23.2 Å². The van der Waals surface area contributed by atoms with Gasteiger partial charge in [0.25, 0.3) is 5.91 Å². The minimum Gasteiger partial charge on any atom is -0.487 e. The molecule has 1 atom stereocenters. The topological polar surface area (TPSA) is 71.0 Å². The molecule has 8 heteroatoms. The monoisotopic (exact) mass is 367 g/mol. The number of imide groups is 1. The maximum Gasteiger partial charge on any atom is 0.346 e. The van der Waals surface area contributed by atoms with Gasteiger partial charge in [0, 0.05) is 16.2 Å². The first-order valence-electron chi connectivity index (χ1n) is 7.37. The van der Waals surface area contributed by atoms with Gasteiger partial charge in [-0.05, 0) is 31.6 Å². The molecule has 1 aromatic rings. The summed E-state index contributed by atoms with van der Waals surface area (Å²) in [6.45, 7) is 3.73. The van der Waals surface area contributed by atoms with Gasteiger partial charge in [-0.15, -0.1) is 5.01 Å². The van der Waals surface area contributed by atoms with Gasteiger partial charge >= 0.3 is 6.03 Å². The zero-order valence-corrected chi connectivity index (χ0v) is 14.6. The average Bonchev–Trinajstić information content (AvgIpc) is 2.75. The first-order chi connectivity index (χ1) is 11.3. The Morgan fingerprint density at radius 1 is 1.42 bits per heavy atom. The molecular weight excluding hydrogens is 353 g/mol. The number of urea groups is 1. The van der Waals surface area contributed by atoms with Crippen LogP contribution in [0.5, 0.6) is 5.75 Å². The summed E-state index contributed by atoms with van der Waals surface area (Å²) in [4.78, 5) is 24.2. The van der Waals surface area contributed by atoms with Gasteiger partial charge in [-0.25, -0.2) is 4.79 Å². The summed E-state index contributed by atoms with van der Waals surface area (Å²) in [7, 11) is 0. The molecule has 2 aliphatic heterocycles. The molecule has 2 heterocycles. The number of carbonyl (C=O) groups is 2. The minimum atomic E-state index is -0.917. The molecule has 6 nitrogen and oxygen atoms in total. The second-order valence-electron chi connectivity index (χ2n) is 5.79. The van der Waals surface area contributed by atoms with Crippen molar-refractivity contribution in [3.8, 4) is 5.75 Å². The molecular formula is C16H15Cl2N3O3. The number of benzene rings is 1. The summed E-state index contributed by atoms with van der Waals surface area (Å²) in [6.07, 6.45) is 3.72. The smallest absolute Gasteiger partial charge is 0.346 e. The van der Waals surface area contributed by atoms with Crippen LogP contribution in [0, 0.1) is 0 Å². The average molecular weight is 368 g/mol. The van der Waals surface area contributed by atoms with E-state index in [1.54, 1.807) is 25.1 Å². The van der Waals surface area contributed by atoms with Crippen molar-refractivity contribution in [2.45, 2.75) is 25.8 Å². The fourth-order valence-corrected chi connectivity index (χ4v) is 3.02. The van der Waals surface area contributed by atoms with Gasteiger partial charge in [-0.3, -0.25) is 4.79 Å². The lowest BCUT2D eigenvalue weighted by Crippen LogP contribution is -2.42. The number of carbonyl (C=O) groups excluding carboxylic acids is 2. The summed E-state index contributed by atoms with van der Waals surface area (Å²) >= 11 is 12.1. The Balaban J connectivity index is 1.84. The highest BCUT2D eigenvalue weighted by Gasteiger charge is 2.46. The Labute approximate surface area is 149 Å². The quantitative estimate of drug-likeness (QED) is 0.656. The van der Waals surface area contributed by atoms with Gasteiger partial charge in [0.15, 0.2) is 0 Å². The highest BCUT2D eigenvalue weighted by atomic mass is 35.5. The largest absolute Gasteiger partial charge is 0.487 e. The van der Waals surface area contributed by atoms with Crippen LogP contribution in [0.2, 0.25) is 10.0 Å². The fraction of sp³-hybridized carbons (Fsp3) is 0.312. The lowest BCUT2D eigenvalue weighted by atomic mass is 10.00. The van der Waals surface area contributed by atoms with E-state index in [0.717, 1.165) is 10.6 Å². The first kappa shape index (κ1) is 16.8. The SMILES string of the molecule is CCC1(C)NC(=O)N(N=CC2=Cc3cc(Cl)cc(Cl)c3OC2)C1=O. The second kappa shape index (κ2) is 6.11. The molecule has 3 rings (SSSR count). The third kappa shape index (κ3) is 2.87. The Hall–Kier alpha value is -2.05. The summed E-state index contributed by atoms with van der Waals surface area (Å²) in [5.74, 6) is 0.168. The highest BCUT2D eigenvalue weighted by Crippen LogP contribution is 2.36. The van der Waals surface area contributed by atoms with Gasteiger partial charge in [-0.2, -0.15) is 5.10 Å². The Morgan fingerprint density at radius 3 is 2.83 bits per heavy atom. The van der Waals surface area contributed by atoms with E-state index in [9.17, 15) is 9.59 Å². The third-order valence-electron chi connectivity index (χ3n) is 4.05. The van der Waals surface area contributed by atoms with Crippen LogP contribution in [0.4, 0.5) is 4.79 Å². The molecule has 0 radical (unpaired) electrons. The third-order valence-corrected chi connectivity index (χ3v) is 4.55. The van der Waals surface area contributed by atoms with Crippen molar-refractivity contribution in [2.24, 2.45) is 5.10 Å². The van der Waals surface area contributed by atoms with E-state index < -0.39 is 11.6 Å². The molecule has 0 bridgehead atoms. The Bertz CT molecular complexity index is 791. The molecule has 126 valence electrons. The predicted molar refractivity (Wildman–Crippen MR) is 92.5 cm³/mol. The van der Waals surface area contributed by atoms with Crippen molar-refractivity contribution in [3.63, 3.8) is 0 Å². The normalized spacial score (nSPS) is 23.2. The molecule has 1 aromatic carbocycles. The van der Waals surface area contributed by atoms with Gasteiger partial charge in [-0.1, -0.05) is 30.1 Å². The van der Waals surface area contributed by atoms with Crippen LogP contribution in [0.25, 0.3) is 6.08 Å². The van der Waals surface area contributed by atoms with E-state index in [2.05, 4.69) is 10.4 Å². The Morgan fingerprint density at radius 2 is 2.17 bits per heavy atom. The molecule has 0 aromatic heterocycles. The van der Waals surface area contributed by atoms with Crippen molar-refractivity contribution in [3.05, 3.63) is 33.3 Å². The molecule has 2 aliphatic rings. The summed E-state index contributed by atoms with van der Waals surface area (Å²) in [6, 6.07) is 2.79. The van der Waals surface area contributed by atoms with Crippen LogP contribution in [0.1, 0.15) is 25.8 Å². The fourth-order valence-electron chi connectivity index (χ4n) is 2.46. The number of ether oxygens (including phenoxy) is 1. The van der Waals surface area contributed by atoms with Gasteiger partial charge in [0.05, 0.1) is 11.2 Å². The highest BCUT2D eigenvalue weighted by molar-refractivity contribution is 6.36. The number of fused-ring (bicyclic) bond motifs is 1. The number of hydrogen-bond acceptors (Lipinski definition) is 4. The molecule has 24 heavy (non-hydrogen) atoms.